The molecule has 0 radical (unpaired) electrons. The maximum absolute atomic E-state index is 11.9. The molecule has 0 fully saturated rings. The zero-order valence-corrected chi connectivity index (χ0v) is 18.1. The minimum absolute atomic E-state index is 0.555. The number of hydrogen-bond donors (Lipinski definition) is 7. The third kappa shape index (κ3) is 6.35. The number of phosphoric ester groups is 1. The van der Waals surface area contributed by atoms with E-state index in [4.69, 9.17) is 31.0 Å². The molecule has 1 aliphatic rings. The molecule has 2 rings (SSSR count). The van der Waals surface area contributed by atoms with Gasteiger partial charge in [-0.25, -0.2) is 23.1 Å². The molecular formula is C10H14ClN2O15P3. The molecular weight excluding hydrogens is 516 g/mol. The third-order valence-electron chi connectivity index (χ3n) is 3.43. The number of aromatic nitrogens is 2. The minimum atomic E-state index is -5.80. The van der Waals surface area contributed by atoms with Gasteiger partial charge in [-0.2, -0.15) is 8.62 Å². The maximum atomic E-state index is 11.9. The molecule has 2 heterocycles. The number of aliphatic hydroxyl groups is 2. The second-order valence-corrected chi connectivity index (χ2v) is 10.4. The van der Waals surface area contributed by atoms with Crippen LogP contribution in [0.25, 0.3) is 5.88 Å². The van der Waals surface area contributed by atoms with Crippen LogP contribution in [0, 0.1) is 0 Å². The van der Waals surface area contributed by atoms with E-state index in [1.807, 2.05) is 4.98 Å². The number of hydrogen-bond acceptors (Lipinski definition) is 11. The number of rotatable bonds is 9. The van der Waals surface area contributed by atoms with Crippen molar-refractivity contribution >= 4 is 41.0 Å². The average molecular weight is 531 g/mol. The molecule has 31 heavy (non-hydrogen) atoms. The van der Waals surface area contributed by atoms with Crippen LogP contribution in [0.4, 0.5) is 0 Å². The van der Waals surface area contributed by atoms with Crippen molar-refractivity contribution in [1.29, 1.82) is 0 Å². The monoisotopic (exact) mass is 530 g/mol. The first-order valence-corrected chi connectivity index (χ1v) is 12.5. The zero-order valence-electron chi connectivity index (χ0n) is 14.7. The highest BCUT2D eigenvalue weighted by Gasteiger charge is 2.53. The SMILES string of the molecule is O=c1ccn(C2=C(O)[C@H](O)[C@@](CCl)(COP(=O)(O)OP(=O)(O)OP(=O)(O)O)O2)c(=O)[nH]1. The molecule has 4 atom stereocenters. The van der Waals surface area contributed by atoms with E-state index < -0.39 is 70.6 Å². The van der Waals surface area contributed by atoms with Gasteiger partial charge in [-0.1, -0.05) is 0 Å². The topological polar surface area (TPSA) is 264 Å². The lowest BCUT2D eigenvalue weighted by atomic mass is 10.0. The fourth-order valence-electron chi connectivity index (χ4n) is 2.16. The maximum Gasteiger partial charge on any atom is 0.490 e. The van der Waals surface area contributed by atoms with Gasteiger partial charge in [0.15, 0.2) is 17.5 Å². The van der Waals surface area contributed by atoms with Crippen LogP contribution in [0.15, 0.2) is 27.6 Å². The van der Waals surface area contributed by atoms with Crippen molar-refractivity contribution in [3.63, 3.8) is 0 Å². The summed E-state index contributed by atoms with van der Waals surface area (Å²) < 4.78 is 51.0. The quantitative estimate of drug-likeness (QED) is 0.148. The van der Waals surface area contributed by atoms with Crippen LogP contribution in [0.5, 0.6) is 0 Å². The van der Waals surface area contributed by atoms with Crippen molar-refractivity contribution in [3.05, 3.63) is 38.9 Å². The van der Waals surface area contributed by atoms with Gasteiger partial charge in [0, 0.05) is 12.3 Å². The zero-order chi connectivity index (χ0) is 23.8. The highest BCUT2D eigenvalue weighted by molar-refractivity contribution is 7.66. The third-order valence-corrected chi connectivity index (χ3v) is 7.67. The van der Waals surface area contributed by atoms with Crippen molar-refractivity contribution < 1.29 is 61.4 Å². The Kier molecular flexibility index (Phi) is 7.45. The fraction of sp³-hybridized carbons (Fsp3) is 0.400. The highest BCUT2D eigenvalue weighted by atomic mass is 35.5. The summed E-state index contributed by atoms with van der Waals surface area (Å²) >= 11 is 5.70. The number of nitrogens with one attached hydrogen (secondary N) is 1. The highest BCUT2D eigenvalue weighted by Crippen LogP contribution is 2.66. The molecule has 176 valence electrons. The van der Waals surface area contributed by atoms with Crippen molar-refractivity contribution in [3.8, 4) is 0 Å². The molecule has 0 aliphatic carbocycles. The van der Waals surface area contributed by atoms with Crippen molar-refractivity contribution in [2.75, 3.05) is 12.5 Å². The van der Waals surface area contributed by atoms with E-state index in [1.54, 1.807) is 0 Å². The lowest BCUT2D eigenvalue weighted by Gasteiger charge is -2.30. The summed E-state index contributed by atoms with van der Waals surface area (Å²) in [5, 5.41) is 20.3. The molecule has 1 aliphatic heterocycles. The Balaban J connectivity index is 2.23. The number of H-pyrrole nitrogens is 1. The molecule has 1 aromatic heterocycles. The first kappa shape index (κ1) is 25.9. The van der Waals surface area contributed by atoms with Crippen LogP contribution in [-0.4, -0.2) is 63.5 Å². The average Bonchev–Trinajstić information content (AvgIpc) is 2.82. The molecule has 0 aromatic carbocycles. The van der Waals surface area contributed by atoms with Crippen molar-refractivity contribution in [1.82, 2.24) is 9.55 Å². The van der Waals surface area contributed by atoms with E-state index in [0.717, 1.165) is 12.3 Å². The number of alkyl halides is 1. The fourth-order valence-corrected chi connectivity index (χ4v) is 5.51. The van der Waals surface area contributed by atoms with Crippen LogP contribution in [0.3, 0.4) is 0 Å². The Labute approximate surface area is 175 Å². The van der Waals surface area contributed by atoms with E-state index in [1.165, 1.54) is 0 Å². The normalized spacial score (nSPS) is 25.7. The minimum Gasteiger partial charge on any atom is -0.505 e. The van der Waals surface area contributed by atoms with Gasteiger partial charge in [-0.15, -0.1) is 11.6 Å². The van der Waals surface area contributed by atoms with E-state index in [2.05, 4.69) is 13.1 Å². The van der Waals surface area contributed by atoms with Crippen LogP contribution >= 0.6 is 35.1 Å². The smallest absolute Gasteiger partial charge is 0.490 e. The second kappa shape index (κ2) is 8.90. The van der Waals surface area contributed by atoms with Gasteiger partial charge in [-0.3, -0.25) is 14.3 Å². The number of nitrogens with zero attached hydrogens (tertiary/aromatic N) is 1. The van der Waals surface area contributed by atoms with Gasteiger partial charge in [0.1, 0.15) is 6.61 Å². The van der Waals surface area contributed by atoms with Crippen molar-refractivity contribution in [2.45, 2.75) is 11.7 Å². The summed E-state index contributed by atoms with van der Waals surface area (Å²) in [5.41, 5.74) is -4.15. The molecule has 2 unspecified atom stereocenters. The Hall–Kier alpha value is -1.32. The van der Waals surface area contributed by atoms with Crippen LogP contribution in [0.2, 0.25) is 0 Å². The van der Waals surface area contributed by atoms with Gasteiger partial charge in [0.05, 0.1) is 5.88 Å². The van der Waals surface area contributed by atoms with E-state index in [-0.39, 0.29) is 0 Å². The molecule has 17 nitrogen and oxygen atoms in total. The molecule has 0 saturated heterocycles. The first-order valence-electron chi connectivity index (χ1n) is 7.48. The second-order valence-electron chi connectivity index (χ2n) is 5.74. The Bertz CT molecular complexity index is 1140. The number of aliphatic hydroxyl groups excluding tert-OH is 2. The number of phosphoric acid groups is 3. The van der Waals surface area contributed by atoms with Crippen LogP contribution in [0.1, 0.15) is 0 Å². The first-order chi connectivity index (χ1) is 14.0. The summed E-state index contributed by atoms with van der Waals surface area (Å²) in [7, 11) is -17.0. The van der Waals surface area contributed by atoms with E-state index in [9.17, 15) is 38.4 Å². The van der Waals surface area contributed by atoms with E-state index >= 15 is 0 Å². The van der Waals surface area contributed by atoms with Gasteiger partial charge in [0.25, 0.3) is 5.56 Å². The van der Waals surface area contributed by atoms with Crippen LogP contribution < -0.4 is 11.2 Å². The summed E-state index contributed by atoms with van der Waals surface area (Å²) in [5.74, 6) is -2.50. The van der Waals surface area contributed by atoms with Gasteiger partial charge in [0.2, 0.25) is 5.88 Å². The Morgan fingerprint density at radius 3 is 2.29 bits per heavy atom. The summed E-state index contributed by atoms with van der Waals surface area (Å²) in [4.78, 5) is 60.5. The molecule has 0 spiro atoms. The van der Waals surface area contributed by atoms with Gasteiger partial charge >= 0.3 is 29.2 Å². The molecule has 7 N–H and O–H groups in total. The predicted molar refractivity (Wildman–Crippen MR) is 97.5 cm³/mol. The summed E-state index contributed by atoms with van der Waals surface area (Å²) in [6.07, 6.45) is -1.21. The molecule has 0 amide bonds. The summed E-state index contributed by atoms with van der Waals surface area (Å²) in [6.45, 7) is -1.23. The van der Waals surface area contributed by atoms with Gasteiger partial charge in [-0.05, 0) is 0 Å². The summed E-state index contributed by atoms with van der Waals surface area (Å²) in [6, 6.07) is 0.865. The molecule has 0 saturated carbocycles. The number of aromatic amines is 1. The number of ether oxygens (including phenoxy) is 1. The molecule has 21 heteroatoms. The number of halogens is 1. The Morgan fingerprint density at radius 1 is 1.16 bits per heavy atom. The molecule has 1 aromatic rings. The van der Waals surface area contributed by atoms with Crippen molar-refractivity contribution in [2.24, 2.45) is 0 Å². The lowest BCUT2D eigenvalue weighted by Crippen LogP contribution is -2.47. The Morgan fingerprint density at radius 2 is 1.77 bits per heavy atom. The molecule has 0 bridgehead atoms. The largest absolute Gasteiger partial charge is 0.505 e. The lowest BCUT2D eigenvalue weighted by molar-refractivity contribution is -0.0597. The van der Waals surface area contributed by atoms with Gasteiger partial charge < -0.3 is 34.5 Å². The van der Waals surface area contributed by atoms with E-state index in [0.29, 0.717) is 4.57 Å². The predicted octanol–water partition coefficient (Wildman–Crippen LogP) is -1.07. The standard InChI is InChI=1S/C10H14ClN2O15P3/c11-3-10(4-25-30(21,22)28-31(23,24)27-29(18,19)20)7(16)6(15)8(26-10)13-2-1-5(14)12-9(13)17/h1-2,7,15-16H,3-4H2,(H,21,22)(H,23,24)(H,12,14,17)(H2,18,19,20)/t7-,10+/m0/s1. The van der Waals surface area contributed by atoms with Crippen LogP contribution in [-0.2, 0) is 31.6 Å².